The van der Waals surface area contributed by atoms with Crippen LogP contribution in [0.15, 0.2) is 22.7 Å². The fourth-order valence-electron chi connectivity index (χ4n) is 1.19. The summed E-state index contributed by atoms with van der Waals surface area (Å²) in [4.78, 5) is 0. The van der Waals surface area contributed by atoms with Crippen LogP contribution in [0.3, 0.4) is 0 Å². The standard InChI is InChI=1S/C11H15BrClN/c1-11(2,14)6-5-8-7-9(13)3-4-10(8)12/h3-4,7H,5-6,14H2,1-2H3. The Labute approximate surface area is 98.8 Å². The second-order valence-corrected chi connectivity index (χ2v) is 5.52. The maximum atomic E-state index is 5.92. The lowest BCUT2D eigenvalue weighted by Crippen LogP contribution is -2.32. The Morgan fingerprint density at radius 1 is 1.43 bits per heavy atom. The van der Waals surface area contributed by atoms with Crippen LogP contribution >= 0.6 is 27.5 Å². The van der Waals surface area contributed by atoms with Crippen LogP contribution in [0.4, 0.5) is 0 Å². The summed E-state index contributed by atoms with van der Waals surface area (Å²) < 4.78 is 1.10. The average molecular weight is 277 g/mol. The van der Waals surface area contributed by atoms with E-state index in [0.717, 1.165) is 22.3 Å². The van der Waals surface area contributed by atoms with Gasteiger partial charge >= 0.3 is 0 Å². The number of halogens is 2. The molecular formula is C11H15BrClN. The molecule has 0 amide bonds. The first-order chi connectivity index (χ1) is 6.38. The highest BCUT2D eigenvalue weighted by atomic mass is 79.9. The molecule has 0 aromatic heterocycles. The number of nitrogens with two attached hydrogens (primary N) is 1. The molecule has 0 heterocycles. The third kappa shape index (κ3) is 3.99. The van der Waals surface area contributed by atoms with Gasteiger partial charge < -0.3 is 5.73 Å². The average Bonchev–Trinajstić information content (AvgIpc) is 2.05. The topological polar surface area (TPSA) is 26.0 Å². The third-order valence-electron chi connectivity index (χ3n) is 2.05. The van der Waals surface area contributed by atoms with Crippen molar-refractivity contribution in [2.75, 3.05) is 0 Å². The Morgan fingerprint density at radius 3 is 2.64 bits per heavy atom. The minimum absolute atomic E-state index is 0.123. The summed E-state index contributed by atoms with van der Waals surface area (Å²) in [6.45, 7) is 4.07. The van der Waals surface area contributed by atoms with Crippen LogP contribution in [0, 0.1) is 0 Å². The fraction of sp³-hybridized carbons (Fsp3) is 0.455. The SMILES string of the molecule is CC(C)(N)CCc1cc(Cl)ccc1Br. The van der Waals surface area contributed by atoms with Gasteiger partial charge in [0.05, 0.1) is 0 Å². The minimum atomic E-state index is -0.123. The largest absolute Gasteiger partial charge is 0.326 e. The zero-order valence-corrected chi connectivity index (χ0v) is 10.8. The van der Waals surface area contributed by atoms with Crippen LogP contribution in [0.1, 0.15) is 25.8 Å². The molecule has 0 aliphatic carbocycles. The van der Waals surface area contributed by atoms with E-state index < -0.39 is 0 Å². The van der Waals surface area contributed by atoms with E-state index in [4.69, 9.17) is 17.3 Å². The van der Waals surface area contributed by atoms with Crippen LogP contribution in [-0.2, 0) is 6.42 Å². The van der Waals surface area contributed by atoms with E-state index in [9.17, 15) is 0 Å². The zero-order valence-electron chi connectivity index (χ0n) is 8.48. The molecule has 78 valence electrons. The van der Waals surface area contributed by atoms with Crippen LogP contribution in [0.5, 0.6) is 0 Å². The molecule has 1 aromatic rings. The Balaban J connectivity index is 2.72. The molecule has 0 saturated heterocycles. The molecule has 2 N–H and O–H groups in total. The van der Waals surface area contributed by atoms with Crippen molar-refractivity contribution in [2.24, 2.45) is 5.73 Å². The molecule has 0 fully saturated rings. The maximum Gasteiger partial charge on any atom is 0.0409 e. The van der Waals surface area contributed by atoms with Crippen LogP contribution in [0.25, 0.3) is 0 Å². The zero-order chi connectivity index (χ0) is 10.8. The molecule has 1 rings (SSSR count). The number of hydrogen-bond donors (Lipinski definition) is 1. The first-order valence-electron chi connectivity index (χ1n) is 4.61. The summed E-state index contributed by atoms with van der Waals surface area (Å²) in [5.74, 6) is 0. The summed E-state index contributed by atoms with van der Waals surface area (Å²) in [7, 11) is 0. The molecule has 0 unspecified atom stereocenters. The predicted octanol–water partition coefficient (Wildman–Crippen LogP) is 3.77. The molecule has 0 radical (unpaired) electrons. The molecule has 0 spiro atoms. The third-order valence-corrected chi connectivity index (χ3v) is 3.06. The van der Waals surface area contributed by atoms with E-state index in [0.29, 0.717) is 0 Å². The predicted molar refractivity (Wildman–Crippen MR) is 65.7 cm³/mol. The van der Waals surface area contributed by atoms with Crippen LogP contribution in [0.2, 0.25) is 5.02 Å². The second kappa shape index (κ2) is 4.65. The molecule has 0 aliphatic heterocycles. The highest BCUT2D eigenvalue weighted by Gasteiger charge is 2.11. The molecule has 3 heteroatoms. The molecular weight excluding hydrogens is 261 g/mol. The van der Waals surface area contributed by atoms with Gasteiger partial charge in [-0.05, 0) is 50.5 Å². The van der Waals surface area contributed by atoms with Crippen molar-refractivity contribution >= 4 is 27.5 Å². The van der Waals surface area contributed by atoms with Gasteiger partial charge in [-0.25, -0.2) is 0 Å². The number of aryl methyl sites for hydroxylation is 1. The van der Waals surface area contributed by atoms with Gasteiger partial charge in [-0.1, -0.05) is 27.5 Å². The smallest absolute Gasteiger partial charge is 0.0409 e. The van der Waals surface area contributed by atoms with Gasteiger partial charge in [0.1, 0.15) is 0 Å². The van der Waals surface area contributed by atoms with Gasteiger partial charge in [-0.15, -0.1) is 0 Å². The van der Waals surface area contributed by atoms with E-state index in [1.54, 1.807) is 0 Å². The normalized spacial score (nSPS) is 11.8. The maximum absolute atomic E-state index is 5.92. The van der Waals surface area contributed by atoms with Crippen molar-refractivity contribution in [3.8, 4) is 0 Å². The number of hydrogen-bond acceptors (Lipinski definition) is 1. The number of benzene rings is 1. The molecule has 1 nitrogen and oxygen atoms in total. The minimum Gasteiger partial charge on any atom is -0.326 e. The van der Waals surface area contributed by atoms with E-state index in [1.807, 2.05) is 32.0 Å². The highest BCUT2D eigenvalue weighted by molar-refractivity contribution is 9.10. The van der Waals surface area contributed by atoms with E-state index in [2.05, 4.69) is 15.9 Å². The van der Waals surface area contributed by atoms with Gasteiger partial charge in [0.25, 0.3) is 0 Å². The van der Waals surface area contributed by atoms with Crippen molar-refractivity contribution in [3.05, 3.63) is 33.3 Å². The monoisotopic (exact) mass is 275 g/mol. The Kier molecular flexibility index (Phi) is 3.99. The van der Waals surface area contributed by atoms with Gasteiger partial charge in [0.15, 0.2) is 0 Å². The second-order valence-electron chi connectivity index (χ2n) is 4.22. The van der Waals surface area contributed by atoms with Gasteiger partial charge in [-0.2, -0.15) is 0 Å². The molecule has 1 aromatic carbocycles. The van der Waals surface area contributed by atoms with E-state index in [1.165, 1.54) is 5.56 Å². The van der Waals surface area contributed by atoms with Crippen molar-refractivity contribution in [1.29, 1.82) is 0 Å². The van der Waals surface area contributed by atoms with Gasteiger partial charge in [0, 0.05) is 15.0 Å². The van der Waals surface area contributed by atoms with Crippen molar-refractivity contribution in [1.82, 2.24) is 0 Å². The van der Waals surface area contributed by atoms with Crippen molar-refractivity contribution < 1.29 is 0 Å². The number of rotatable bonds is 3. The van der Waals surface area contributed by atoms with Crippen molar-refractivity contribution in [3.63, 3.8) is 0 Å². The lowest BCUT2D eigenvalue weighted by molar-refractivity contribution is 0.476. The molecule has 0 aliphatic rings. The summed E-state index contributed by atoms with van der Waals surface area (Å²) in [5.41, 5.74) is 7.02. The molecule has 14 heavy (non-hydrogen) atoms. The van der Waals surface area contributed by atoms with Crippen LogP contribution < -0.4 is 5.73 Å². The van der Waals surface area contributed by atoms with E-state index in [-0.39, 0.29) is 5.54 Å². The lowest BCUT2D eigenvalue weighted by atomic mass is 9.97. The summed E-state index contributed by atoms with van der Waals surface area (Å²) in [6.07, 6.45) is 1.90. The van der Waals surface area contributed by atoms with Crippen molar-refractivity contribution in [2.45, 2.75) is 32.2 Å². The molecule has 0 saturated carbocycles. The van der Waals surface area contributed by atoms with Crippen LogP contribution in [-0.4, -0.2) is 5.54 Å². The van der Waals surface area contributed by atoms with E-state index >= 15 is 0 Å². The lowest BCUT2D eigenvalue weighted by Gasteiger charge is -2.18. The fourth-order valence-corrected chi connectivity index (χ4v) is 1.83. The quantitative estimate of drug-likeness (QED) is 0.893. The summed E-state index contributed by atoms with van der Waals surface area (Å²) in [5, 5.41) is 0.776. The first-order valence-corrected chi connectivity index (χ1v) is 5.78. The highest BCUT2D eigenvalue weighted by Crippen LogP contribution is 2.23. The van der Waals surface area contributed by atoms with Gasteiger partial charge in [-0.3, -0.25) is 0 Å². The molecule has 0 bridgehead atoms. The Morgan fingerprint density at radius 2 is 2.07 bits per heavy atom. The summed E-state index contributed by atoms with van der Waals surface area (Å²) in [6, 6.07) is 5.83. The first kappa shape index (κ1) is 12.0. The Bertz CT molecular complexity index is 318. The van der Waals surface area contributed by atoms with Gasteiger partial charge in [0.2, 0.25) is 0 Å². The Hall–Kier alpha value is -0.0500. The molecule has 0 atom stereocenters. The summed E-state index contributed by atoms with van der Waals surface area (Å²) >= 11 is 9.41.